The second-order valence-corrected chi connectivity index (χ2v) is 8.01. The number of aromatic nitrogens is 1. The normalized spacial score (nSPS) is 18.9. The minimum absolute atomic E-state index is 0.0214. The molecule has 4 rings (SSSR count). The largest absolute Gasteiger partial charge is 0.378 e. The highest BCUT2D eigenvalue weighted by atomic mass is 32.1. The average molecular weight is 357 g/mol. The first-order valence-corrected chi connectivity index (χ1v) is 9.52. The molecule has 2 heterocycles. The molecule has 0 atom stereocenters. The van der Waals surface area contributed by atoms with Crippen LogP contribution in [0.2, 0.25) is 0 Å². The SMILES string of the molecule is CN(C)c1ccc(C=c2sc3n(c2=O)NC2(CCCCC2)NN=3)cc1. The third-order valence-corrected chi connectivity index (χ3v) is 5.88. The molecule has 2 N–H and O–H groups in total. The Hall–Kier alpha value is -2.28. The summed E-state index contributed by atoms with van der Waals surface area (Å²) in [4.78, 5) is 15.5. The van der Waals surface area contributed by atoms with Crippen LogP contribution in [0.3, 0.4) is 0 Å². The van der Waals surface area contributed by atoms with Crippen molar-refractivity contribution in [2.45, 2.75) is 37.8 Å². The van der Waals surface area contributed by atoms with Crippen LogP contribution in [-0.2, 0) is 0 Å². The van der Waals surface area contributed by atoms with E-state index in [-0.39, 0.29) is 11.2 Å². The molecule has 1 spiro atoms. The van der Waals surface area contributed by atoms with Gasteiger partial charge < -0.3 is 4.90 Å². The van der Waals surface area contributed by atoms with E-state index in [1.807, 2.05) is 32.3 Å². The summed E-state index contributed by atoms with van der Waals surface area (Å²) in [6.45, 7) is 0. The summed E-state index contributed by atoms with van der Waals surface area (Å²) in [7, 11) is 4.03. The smallest absolute Gasteiger partial charge is 0.289 e. The summed E-state index contributed by atoms with van der Waals surface area (Å²) in [6, 6.07) is 8.17. The molecule has 0 amide bonds. The number of nitrogens with zero attached hydrogens (tertiary/aromatic N) is 3. The lowest BCUT2D eigenvalue weighted by atomic mass is 9.90. The van der Waals surface area contributed by atoms with Gasteiger partial charge in [-0.25, -0.2) is 0 Å². The fourth-order valence-electron chi connectivity index (χ4n) is 3.44. The number of rotatable bonds is 2. The van der Waals surface area contributed by atoms with Crippen LogP contribution in [0.15, 0.2) is 34.2 Å². The van der Waals surface area contributed by atoms with Gasteiger partial charge in [0, 0.05) is 19.8 Å². The van der Waals surface area contributed by atoms with E-state index >= 15 is 0 Å². The van der Waals surface area contributed by atoms with Gasteiger partial charge in [0.1, 0.15) is 5.66 Å². The molecule has 132 valence electrons. The number of nitrogens with one attached hydrogen (secondary N) is 2. The Bertz CT molecular complexity index is 935. The summed E-state index contributed by atoms with van der Waals surface area (Å²) in [5.74, 6) is 0. The van der Waals surface area contributed by atoms with Crippen molar-refractivity contribution in [1.82, 2.24) is 10.1 Å². The van der Waals surface area contributed by atoms with Gasteiger partial charge in [-0.05, 0) is 49.5 Å². The van der Waals surface area contributed by atoms with Crippen molar-refractivity contribution >= 4 is 23.1 Å². The molecule has 1 fully saturated rings. The first kappa shape index (κ1) is 16.2. The van der Waals surface area contributed by atoms with E-state index in [0.717, 1.165) is 36.9 Å². The summed E-state index contributed by atoms with van der Waals surface area (Å²) < 4.78 is 2.31. The topological polar surface area (TPSA) is 61.7 Å². The van der Waals surface area contributed by atoms with Crippen molar-refractivity contribution in [3.05, 3.63) is 49.5 Å². The van der Waals surface area contributed by atoms with E-state index in [0.29, 0.717) is 9.33 Å². The van der Waals surface area contributed by atoms with Crippen LogP contribution in [0.4, 0.5) is 5.69 Å². The fraction of sp³-hybridized carbons (Fsp3) is 0.444. The number of hydrogen-bond acceptors (Lipinski definition) is 6. The summed E-state index contributed by atoms with van der Waals surface area (Å²) in [5, 5.41) is 4.47. The molecule has 1 saturated carbocycles. The Labute approximate surface area is 150 Å². The van der Waals surface area contributed by atoms with Crippen molar-refractivity contribution in [3.8, 4) is 0 Å². The molecule has 1 aromatic heterocycles. The second kappa shape index (κ2) is 6.22. The van der Waals surface area contributed by atoms with E-state index in [9.17, 15) is 4.79 Å². The van der Waals surface area contributed by atoms with Crippen LogP contribution < -0.4 is 30.6 Å². The minimum Gasteiger partial charge on any atom is -0.378 e. The van der Waals surface area contributed by atoms with Gasteiger partial charge in [0.15, 0.2) is 0 Å². The maximum absolute atomic E-state index is 12.8. The molecule has 0 saturated heterocycles. The Morgan fingerprint density at radius 3 is 2.60 bits per heavy atom. The van der Waals surface area contributed by atoms with Crippen molar-refractivity contribution in [3.63, 3.8) is 0 Å². The number of benzene rings is 1. The predicted octanol–water partition coefficient (Wildman–Crippen LogP) is 1.15. The molecular formula is C18H23N5OS. The van der Waals surface area contributed by atoms with E-state index in [4.69, 9.17) is 0 Å². The minimum atomic E-state index is -0.263. The van der Waals surface area contributed by atoms with Crippen molar-refractivity contribution in [2.24, 2.45) is 5.10 Å². The highest BCUT2D eigenvalue weighted by Crippen LogP contribution is 2.27. The summed E-state index contributed by atoms with van der Waals surface area (Å²) in [5.41, 5.74) is 8.52. The number of hydrogen-bond donors (Lipinski definition) is 2. The fourth-order valence-corrected chi connectivity index (χ4v) is 4.32. The molecule has 1 aliphatic carbocycles. The van der Waals surface area contributed by atoms with Crippen molar-refractivity contribution < 1.29 is 0 Å². The Balaban J connectivity index is 1.69. The first-order chi connectivity index (χ1) is 12.1. The molecular weight excluding hydrogens is 334 g/mol. The molecule has 2 aromatic rings. The molecule has 25 heavy (non-hydrogen) atoms. The molecule has 0 bridgehead atoms. The quantitative estimate of drug-likeness (QED) is 0.846. The lowest BCUT2D eigenvalue weighted by Gasteiger charge is -2.39. The Morgan fingerprint density at radius 2 is 1.92 bits per heavy atom. The van der Waals surface area contributed by atoms with Crippen molar-refractivity contribution in [1.29, 1.82) is 0 Å². The molecule has 0 radical (unpaired) electrons. The van der Waals surface area contributed by atoms with Gasteiger partial charge >= 0.3 is 0 Å². The first-order valence-electron chi connectivity index (χ1n) is 8.70. The lowest BCUT2D eigenvalue weighted by Crippen LogP contribution is -2.61. The molecule has 0 unspecified atom stereocenters. The van der Waals surface area contributed by atoms with E-state index in [1.165, 1.54) is 17.8 Å². The zero-order chi connectivity index (χ0) is 17.4. The molecule has 1 aromatic carbocycles. The zero-order valence-corrected chi connectivity index (χ0v) is 15.4. The van der Waals surface area contributed by atoms with E-state index in [1.54, 1.807) is 4.68 Å². The van der Waals surface area contributed by atoms with Crippen LogP contribution in [-0.4, -0.2) is 24.4 Å². The highest BCUT2D eigenvalue weighted by molar-refractivity contribution is 7.07. The standard InChI is InChI=1S/C18H23N5OS/c1-22(2)14-8-6-13(7-9-14)12-15-16(24)23-17(25-15)19-20-18(21-23)10-4-3-5-11-18/h6-9,12,20-21H,3-5,10-11H2,1-2H3. The van der Waals surface area contributed by atoms with Gasteiger partial charge in [0.2, 0.25) is 4.80 Å². The van der Waals surface area contributed by atoms with Crippen LogP contribution in [0.5, 0.6) is 0 Å². The van der Waals surface area contributed by atoms with Gasteiger partial charge in [-0.1, -0.05) is 29.9 Å². The monoisotopic (exact) mass is 357 g/mol. The van der Waals surface area contributed by atoms with Gasteiger partial charge in [-0.15, -0.1) is 5.10 Å². The Morgan fingerprint density at radius 1 is 1.20 bits per heavy atom. The third-order valence-electron chi connectivity index (χ3n) is 4.91. The van der Waals surface area contributed by atoms with E-state index in [2.05, 4.69) is 33.0 Å². The predicted molar refractivity (Wildman–Crippen MR) is 102 cm³/mol. The van der Waals surface area contributed by atoms with Crippen LogP contribution >= 0.6 is 11.3 Å². The third kappa shape index (κ3) is 3.04. The lowest BCUT2D eigenvalue weighted by molar-refractivity contribution is 0.229. The van der Waals surface area contributed by atoms with Crippen LogP contribution in [0, 0.1) is 0 Å². The number of anilines is 1. The van der Waals surface area contributed by atoms with Crippen LogP contribution in [0.25, 0.3) is 6.08 Å². The Kier molecular flexibility index (Phi) is 4.03. The average Bonchev–Trinajstić information content (AvgIpc) is 2.92. The highest BCUT2D eigenvalue weighted by Gasteiger charge is 2.34. The molecule has 6 nitrogen and oxygen atoms in total. The van der Waals surface area contributed by atoms with E-state index < -0.39 is 0 Å². The molecule has 1 aliphatic heterocycles. The number of thiazole rings is 1. The number of fused-ring (bicyclic) bond motifs is 1. The maximum Gasteiger partial charge on any atom is 0.289 e. The van der Waals surface area contributed by atoms with Gasteiger partial charge in [-0.3, -0.25) is 15.6 Å². The summed E-state index contributed by atoms with van der Waals surface area (Å²) in [6.07, 6.45) is 7.47. The van der Waals surface area contributed by atoms with Gasteiger partial charge in [0.05, 0.1) is 4.53 Å². The maximum atomic E-state index is 12.8. The second-order valence-electron chi connectivity index (χ2n) is 7.00. The zero-order valence-electron chi connectivity index (χ0n) is 14.6. The van der Waals surface area contributed by atoms with Crippen molar-refractivity contribution in [2.75, 3.05) is 24.4 Å². The van der Waals surface area contributed by atoms with Gasteiger partial charge in [-0.2, -0.15) is 4.68 Å². The summed E-state index contributed by atoms with van der Waals surface area (Å²) >= 11 is 1.41. The van der Waals surface area contributed by atoms with Crippen LogP contribution in [0.1, 0.15) is 37.7 Å². The van der Waals surface area contributed by atoms with Gasteiger partial charge in [0.25, 0.3) is 5.56 Å². The molecule has 7 heteroatoms. The molecule has 2 aliphatic rings.